The number of rotatable bonds is 6. The fourth-order valence-corrected chi connectivity index (χ4v) is 3.13. The molecule has 6 nitrogen and oxygen atoms in total. The zero-order valence-electron chi connectivity index (χ0n) is 13.4. The number of benzene rings is 2. The van der Waals surface area contributed by atoms with Crippen molar-refractivity contribution in [2.75, 3.05) is 17.2 Å². The van der Waals surface area contributed by atoms with Gasteiger partial charge in [-0.2, -0.15) is 4.98 Å². The van der Waals surface area contributed by atoms with Crippen molar-refractivity contribution in [3.05, 3.63) is 63.2 Å². The van der Waals surface area contributed by atoms with Gasteiger partial charge in [-0.15, -0.1) is 0 Å². The maximum Gasteiger partial charge on any atom is 0.322 e. The summed E-state index contributed by atoms with van der Waals surface area (Å²) in [7, 11) is 0. The maximum absolute atomic E-state index is 10.8. The van der Waals surface area contributed by atoms with Gasteiger partial charge in [-0.05, 0) is 40.8 Å². The van der Waals surface area contributed by atoms with E-state index in [0.717, 1.165) is 9.13 Å². The van der Waals surface area contributed by atoms with E-state index in [9.17, 15) is 4.79 Å². The molecule has 0 radical (unpaired) electrons. The minimum absolute atomic E-state index is 0.220. The van der Waals surface area contributed by atoms with Gasteiger partial charge in [-0.3, -0.25) is 4.79 Å². The first kappa shape index (κ1) is 18.4. The van der Waals surface area contributed by atoms with Gasteiger partial charge >= 0.3 is 5.97 Å². The van der Waals surface area contributed by atoms with Gasteiger partial charge in [-0.1, -0.05) is 41.9 Å². The van der Waals surface area contributed by atoms with Gasteiger partial charge in [0.1, 0.15) is 12.4 Å². The van der Waals surface area contributed by atoms with Gasteiger partial charge in [0, 0.05) is 15.2 Å². The predicted octanol–water partition coefficient (Wildman–Crippen LogP) is 4.64. The van der Waals surface area contributed by atoms with Crippen molar-refractivity contribution >= 4 is 57.6 Å². The number of hydrogen-bond acceptors (Lipinski definition) is 5. The van der Waals surface area contributed by atoms with Crippen molar-refractivity contribution in [2.45, 2.75) is 0 Å². The third-order valence-electron chi connectivity index (χ3n) is 3.39. The standard InChI is InChI=1S/C18H14ClIN4O2/c19-13-8-12(20)6-7-14(13)22-16-9-15(11-4-2-1-3-5-11)23-18(24-16)21-10-17(25)26/h1-9H,10H2,(H,25,26)(H2,21,22,23,24). The van der Waals surface area contributed by atoms with Crippen molar-refractivity contribution in [2.24, 2.45) is 0 Å². The molecule has 0 saturated carbocycles. The number of nitrogens with one attached hydrogen (secondary N) is 2. The normalized spacial score (nSPS) is 10.4. The van der Waals surface area contributed by atoms with Crippen LogP contribution in [-0.2, 0) is 4.79 Å². The molecule has 0 spiro atoms. The van der Waals surface area contributed by atoms with Crippen molar-refractivity contribution in [3.63, 3.8) is 0 Å². The predicted molar refractivity (Wildman–Crippen MR) is 111 cm³/mol. The van der Waals surface area contributed by atoms with Crippen LogP contribution < -0.4 is 10.6 Å². The number of aliphatic carboxylic acids is 1. The Morgan fingerprint density at radius 2 is 1.88 bits per heavy atom. The van der Waals surface area contributed by atoms with Crippen LogP contribution in [0.2, 0.25) is 5.02 Å². The van der Waals surface area contributed by atoms with Crippen LogP contribution in [-0.4, -0.2) is 27.6 Å². The molecule has 0 amide bonds. The van der Waals surface area contributed by atoms with E-state index in [1.54, 1.807) is 6.07 Å². The van der Waals surface area contributed by atoms with E-state index in [1.165, 1.54) is 0 Å². The summed E-state index contributed by atoms with van der Waals surface area (Å²) >= 11 is 8.46. The molecule has 26 heavy (non-hydrogen) atoms. The number of carbonyl (C=O) groups is 1. The van der Waals surface area contributed by atoms with Crippen LogP contribution in [0.15, 0.2) is 54.6 Å². The minimum atomic E-state index is -0.992. The Morgan fingerprint density at radius 1 is 1.12 bits per heavy atom. The molecule has 0 saturated heterocycles. The first-order valence-corrected chi connectivity index (χ1v) is 9.09. The van der Waals surface area contributed by atoms with Gasteiger partial charge in [0.2, 0.25) is 5.95 Å². The highest BCUT2D eigenvalue weighted by molar-refractivity contribution is 14.1. The smallest absolute Gasteiger partial charge is 0.322 e. The van der Waals surface area contributed by atoms with E-state index in [2.05, 4.69) is 43.2 Å². The number of anilines is 3. The van der Waals surface area contributed by atoms with Gasteiger partial charge < -0.3 is 15.7 Å². The van der Waals surface area contributed by atoms with E-state index < -0.39 is 5.97 Å². The molecular weight excluding hydrogens is 467 g/mol. The van der Waals surface area contributed by atoms with Crippen molar-refractivity contribution in [1.29, 1.82) is 0 Å². The van der Waals surface area contributed by atoms with Gasteiger partial charge in [0.05, 0.1) is 16.4 Å². The molecule has 0 aliphatic rings. The van der Waals surface area contributed by atoms with Crippen LogP contribution in [0.3, 0.4) is 0 Å². The van der Waals surface area contributed by atoms with Gasteiger partial charge in [0.15, 0.2) is 0 Å². The zero-order chi connectivity index (χ0) is 18.5. The summed E-state index contributed by atoms with van der Waals surface area (Å²) in [6.07, 6.45) is 0. The van der Waals surface area contributed by atoms with E-state index in [4.69, 9.17) is 16.7 Å². The largest absolute Gasteiger partial charge is 0.480 e. The lowest BCUT2D eigenvalue weighted by Gasteiger charge is -2.12. The highest BCUT2D eigenvalue weighted by Gasteiger charge is 2.09. The van der Waals surface area contributed by atoms with Crippen LogP contribution in [0.1, 0.15) is 0 Å². The Morgan fingerprint density at radius 3 is 2.58 bits per heavy atom. The molecule has 0 unspecified atom stereocenters. The molecule has 0 atom stereocenters. The molecule has 0 bridgehead atoms. The Hall–Kier alpha value is -2.39. The molecule has 0 fully saturated rings. The average molecular weight is 481 g/mol. The van der Waals surface area contributed by atoms with Crippen molar-refractivity contribution in [3.8, 4) is 11.3 Å². The summed E-state index contributed by atoms with van der Waals surface area (Å²) in [5.41, 5.74) is 2.26. The molecule has 3 aromatic rings. The minimum Gasteiger partial charge on any atom is -0.480 e. The lowest BCUT2D eigenvalue weighted by Crippen LogP contribution is -2.15. The fraction of sp³-hybridized carbons (Fsp3) is 0.0556. The van der Waals surface area contributed by atoms with Gasteiger partial charge in [-0.25, -0.2) is 4.98 Å². The van der Waals surface area contributed by atoms with Crippen LogP contribution in [0.5, 0.6) is 0 Å². The molecule has 8 heteroatoms. The number of carboxylic acid groups (broad SMARTS) is 1. The molecule has 0 aliphatic heterocycles. The summed E-state index contributed by atoms with van der Waals surface area (Å²) < 4.78 is 1.02. The molecule has 3 N–H and O–H groups in total. The van der Waals surface area contributed by atoms with Crippen molar-refractivity contribution < 1.29 is 9.90 Å². The van der Waals surface area contributed by atoms with E-state index in [1.807, 2.05) is 48.5 Å². The van der Waals surface area contributed by atoms with Crippen LogP contribution in [0.25, 0.3) is 11.3 Å². The molecule has 1 aromatic heterocycles. The second kappa shape index (κ2) is 8.33. The Balaban J connectivity index is 1.97. The van der Waals surface area contributed by atoms with Crippen molar-refractivity contribution in [1.82, 2.24) is 9.97 Å². The highest BCUT2D eigenvalue weighted by atomic mass is 127. The summed E-state index contributed by atoms with van der Waals surface area (Å²) in [5, 5.41) is 15.3. The summed E-state index contributed by atoms with van der Waals surface area (Å²) in [5.74, 6) is -0.262. The van der Waals surface area contributed by atoms with E-state index in [0.29, 0.717) is 22.2 Å². The van der Waals surface area contributed by atoms with Crippen LogP contribution >= 0.6 is 34.2 Å². The number of halogens is 2. The molecule has 1 heterocycles. The Bertz CT molecular complexity index is 938. The Labute approximate surface area is 168 Å². The van der Waals surface area contributed by atoms with Crippen LogP contribution in [0, 0.1) is 3.57 Å². The number of nitrogens with zero attached hydrogens (tertiary/aromatic N) is 2. The summed E-state index contributed by atoms with van der Waals surface area (Å²) in [6, 6.07) is 17.0. The number of carboxylic acids is 1. The molecular formula is C18H14ClIN4O2. The quantitative estimate of drug-likeness (QED) is 0.446. The zero-order valence-corrected chi connectivity index (χ0v) is 16.3. The second-order valence-electron chi connectivity index (χ2n) is 5.32. The Kier molecular flexibility index (Phi) is 5.89. The topological polar surface area (TPSA) is 87.1 Å². The molecule has 3 rings (SSSR count). The summed E-state index contributed by atoms with van der Waals surface area (Å²) in [6.45, 7) is -0.276. The second-order valence-corrected chi connectivity index (χ2v) is 6.98. The first-order chi connectivity index (χ1) is 12.5. The summed E-state index contributed by atoms with van der Waals surface area (Å²) in [4.78, 5) is 19.6. The highest BCUT2D eigenvalue weighted by Crippen LogP contribution is 2.28. The van der Waals surface area contributed by atoms with E-state index in [-0.39, 0.29) is 12.5 Å². The third-order valence-corrected chi connectivity index (χ3v) is 4.37. The van der Waals surface area contributed by atoms with E-state index >= 15 is 0 Å². The lowest BCUT2D eigenvalue weighted by molar-refractivity contribution is -0.134. The first-order valence-electron chi connectivity index (χ1n) is 7.63. The van der Waals surface area contributed by atoms with Crippen LogP contribution in [0.4, 0.5) is 17.5 Å². The number of hydrogen-bond donors (Lipinski definition) is 3. The monoisotopic (exact) mass is 480 g/mol. The van der Waals surface area contributed by atoms with Gasteiger partial charge in [0.25, 0.3) is 0 Å². The molecule has 2 aromatic carbocycles. The SMILES string of the molecule is O=C(O)CNc1nc(Nc2ccc(I)cc2Cl)cc(-c2ccccc2)n1. The fourth-order valence-electron chi connectivity index (χ4n) is 2.23. The lowest BCUT2D eigenvalue weighted by atomic mass is 10.1. The average Bonchev–Trinajstić information content (AvgIpc) is 2.63. The molecule has 0 aliphatic carbocycles. The number of aromatic nitrogens is 2. The maximum atomic E-state index is 10.8. The third kappa shape index (κ3) is 4.83. The molecule has 132 valence electrons.